The summed E-state index contributed by atoms with van der Waals surface area (Å²) in [5.41, 5.74) is 14.5. The molecule has 0 bridgehead atoms. The summed E-state index contributed by atoms with van der Waals surface area (Å²) >= 11 is 0. The lowest BCUT2D eigenvalue weighted by atomic mass is 10.1. The van der Waals surface area contributed by atoms with E-state index in [-0.39, 0.29) is 11.8 Å². The lowest BCUT2D eigenvalue weighted by Gasteiger charge is -2.09. The van der Waals surface area contributed by atoms with Gasteiger partial charge in [-0.3, -0.25) is 9.59 Å². The van der Waals surface area contributed by atoms with Crippen molar-refractivity contribution in [1.29, 1.82) is 0 Å². The molecule has 3 aromatic rings. The second kappa shape index (κ2) is 7.40. The minimum Gasteiger partial charge on any atom is -0.399 e. The van der Waals surface area contributed by atoms with E-state index in [0.717, 1.165) is 0 Å². The Morgan fingerprint density at radius 2 is 1.19 bits per heavy atom. The van der Waals surface area contributed by atoms with Gasteiger partial charge in [0.2, 0.25) is 0 Å². The van der Waals surface area contributed by atoms with Gasteiger partial charge in [-0.1, -0.05) is 12.1 Å². The summed E-state index contributed by atoms with van der Waals surface area (Å²) in [4.78, 5) is 24.8. The van der Waals surface area contributed by atoms with E-state index in [1.807, 2.05) is 0 Å². The molecule has 0 saturated carbocycles. The minimum absolute atomic E-state index is 0.312. The molecule has 0 spiro atoms. The van der Waals surface area contributed by atoms with Crippen LogP contribution in [0.5, 0.6) is 0 Å². The first kappa shape index (κ1) is 17.0. The van der Waals surface area contributed by atoms with Gasteiger partial charge in [-0.15, -0.1) is 0 Å². The van der Waals surface area contributed by atoms with Gasteiger partial charge >= 0.3 is 0 Å². The molecular weight excluding hydrogens is 328 g/mol. The van der Waals surface area contributed by atoms with E-state index in [2.05, 4.69) is 10.6 Å². The largest absolute Gasteiger partial charge is 0.399 e. The van der Waals surface area contributed by atoms with E-state index < -0.39 is 0 Å². The predicted molar refractivity (Wildman–Crippen MR) is 104 cm³/mol. The molecule has 26 heavy (non-hydrogen) atoms. The number of amides is 2. The SMILES string of the molecule is Nc1ccc(NC(=O)c2cccc(C(=O)Nc3cccc(N)c3)c2)cc1. The van der Waals surface area contributed by atoms with E-state index in [0.29, 0.717) is 33.9 Å². The smallest absolute Gasteiger partial charge is 0.255 e. The van der Waals surface area contributed by atoms with Crippen LogP contribution in [-0.4, -0.2) is 11.8 Å². The van der Waals surface area contributed by atoms with E-state index in [1.54, 1.807) is 66.7 Å². The molecule has 0 fully saturated rings. The maximum Gasteiger partial charge on any atom is 0.255 e. The summed E-state index contributed by atoms with van der Waals surface area (Å²) in [7, 11) is 0. The van der Waals surface area contributed by atoms with Gasteiger partial charge in [-0.25, -0.2) is 0 Å². The molecular formula is C20H18N4O2. The van der Waals surface area contributed by atoms with Gasteiger partial charge in [0.25, 0.3) is 11.8 Å². The van der Waals surface area contributed by atoms with Gasteiger partial charge in [-0.05, 0) is 60.7 Å². The van der Waals surface area contributed by atoms with Crippen LogP contribution in [-0.2, 0) is 0 Å². The number of nitrogens with one attached hydrogen (secondary N) is 2. The average Bonchev–Trinajstić information content (AvgIpc) is 2.64. The van der Waals surface area contributed by atoms with Crippen LogP contribution in [0.4, 0.5) is 22.7 Å². The standard InChI is InChI=1S/C20H18N4O2/c21-15-7-9-17(10-8-15)23-19(25)13-3-1-4-14(11-13)20(26)24-18-6-2-5-16(22)12-18/h1-12H,21-22H2,(H,23,25)(H,24,26). The Labute approximate surface area is 150 Å². The second-order valence-electron chi connectivity index (χ2n) is 5.74. The predicted octanol–water partition coefficient (Wildman–Crippen LogP) is 3.36. The molecule has 6 heteroatoms. The summed E-state index contributed by atoms with van der Waals surface area (Å²) in [6.45, 7) is 0. The van der Waals surface area contributed by atoms with E-state index in [9.17, 15) is 9.59 Å². The van der Waals surface area contributed by atoms with Gasteiger partial charge in [-0.2, -0.15) is 0 Å². The van der Waals surface area contributed by atoms with Crippen molar-refractivity contribution in [2.24, 2.45) is 0 Å². The molecule has 3 rings (SSSR count). The fourth-order valence-corrected chi connectivity index (χ4v) is 2.39. The molecule has 0 unspecified atom stereocenters. The van der Waals surface area contributed by atoms with Crippen molar-refractivity contribution in [2.45, 2.75) is 0 Å². The van der Waals surface area contributed by atoms with Crippen molar-refractivity contribution in [3.63, 3.8) is 0 Å². The van der Waals surface area contributed by atoms with Crippen LogP contribution in [0.2, 0.25) is 0 Å². The van der Waals surface area contributed by atoms with E-state index in [1.165, 1.54) is 6.07 Å². The maximum absolute atomic E-state index is 12.4. The summed E-state index contributed by atoms with van der Waals surface area (Å²) < 4.78 is 0. The highest BCUT2D eigenvalue weighted by Gasteiger charge is 2.11. The molecule has 0 heterocycles. The molecule has 0 aliphatic heterocycles. The number of carbonyl (C=O) groups is 2. The highest BCUT2D eigenvalue weighted by atomic mass is 16.2. The number of carbonyl (C=O) groups excluding carboxylic acids is 2. The first-order valence-corrected chi connectivity index (χ1v) is 7.95. The Bertz CT molecular complexity index is 952. The summed E-state index contributed by atoms with van der Waals surface area (Å²) in [6.07, 6.45) is 0. The molecule has 3 aromatic carbocycles. The highest BCUT2D eigenvalue weighted by Crippen LogP contribution is 2.16. The van der Waals surface area contributed by atoms with Gasteiger partial charge in [0, 0.05) is 33.9 Å². The van der Waals surface area contributed by atoms with Crippen LogP contribution in [0.1, 0.15) is 20.7 Å². The lowest BCUT2D eigenvalue weighted by Crippen LogP contribution is -2.15. The van der Waals surface area contributed by atoms with Crippen LogP contribution in [0.25, 0.3) is 0 Å². The molecule has 6 nitrogen and oxygen atoms in total. The zero-order valence-corrected chi connectivity index (χ0v) is 13.9. The number of hydrogen-bond donors (Lipinski definition) is 4. The Morgan fingerprint density at radius 1 is 0.615 bits per heavy atom. The van der Waals surface area contributed by atoms with Crippen LogP contribution in [0, 0.1) is 0 Å². The van der Waals surface area contributed by atoms with Crippen LogP contribution >= 0.6 is 0 Å². The molecule has 0 atom stereocenters. The Kier molecular flexibility index (Phi) is 4.85. The molecule has 0 aromatic heterocycles. The topological polar surface area (TPSA) is 110 Å². The van der Waals surface area contributed by atoms with E-state index in [4.69, 9.17) is 11.5 Å². The zero-order chi connectivity index (χ0) is 18.5. The second-order valence-corrected chi connectivity index (χ2v) is 5.74. The monoisotopic (exact) mass is 346 g/mol. The van der Waals surface area contributed by atoms with Crippen LogP contribution in [0.3, 0.4) is 0 Å². The van der Waals surface area contributed by atoms with Crippen molar-refractivity contribution in [3.8, 4) is 0 Å². The van der Waals surface area contributed by atoms with Gasteiger partial charge in [0.05, 0.1) is 0 Å². The van der Waals surface area contributed by atoms with Crippen molar-refractivity contribution in [1.82, 2.24) is 0 Å². The minimum atomic E-state index is -0.322. The fraction of sp³-hybridized carbons (Fsp3) is 0. The molecule has 2 amide bonds. The number of anilines is 4. The van der Waals surface area contributed by atoms with Crippen LogP contribution < -0.4 is 22.1 Å². The molecule has 6 N–H and O–H groups in total. The number of nitrogen functional groups attached to an aromatic ring is 2. The Balaban J connectivity index is 1.73. The number of nitrogens with two attached hydrogens (primary N) is 2. The third-order valence-corrected chi connectivity index (χ3v) is 3.70. The average molecular weight is 346 g/mol. The third-order valence-electron chi connectivity index (χ3n) is 3.70. The van der Waals surface area contributed by atoms with Crippen molar-refractivity contribution >= 4 is 34.6 Å². The van der Waals surface area contributed by atoms with Crippen molar-refractivity contribution in [2.75, 3.05) is 22.1 Å². The van der Waals surface area contributed by atoms with Crippen molar-refractivity contribution < 1.29 is 9.59 Å². The van der Waals surface area contributed by atoms with Crippen LogP contribution in [0.15, 0.2) is 72.8 Å². The first-order valence-electron chi connectivity index (χ1n) is 7.95. The third kappa shape index (κ3) is 4.18. The van der Waals surface area contributed by atoms with Gasteiger partial charge in [0.1, 0.15) is 0 Å². The summed E-state index contributed by atoms with van der Waals surface area (Å²) in [6, 6.07) is 20.2. The molecule has 0 radical (unpaired) electrons. The molecule has 0 aliphatic rings. The number of hydrogen-bond acceptors (Lipinski definition) is 4. The summed E-state index contributed by atoms with van der Waals surface area (Å²) in [5, 5.41) is 5.52. The fourth-order valence-electron chi connectivity index (χ4n) is 2.39. The van der Waals surface area contributed by atoms with Gasteiger partial charge < -0.3 is 22.1 Å². The number of benzene rings is 3. The molecule has 0 saturated heterocycles. The zero-order valence-electron chi connectivity index (χ0n) is 13.9. The number of rotatable bonds is 4. The molecule has 130 valence electrons. The maximum atomic E-state index is 12.4. The van der Waals surface area contributed by atoms with Crippen molar-refractivity contribution in [3.05, 3.63) is 83.9 Å². The Morgan fingerprint density at radius 3 is 1.81 bits per heavy atom. The summed E-state index contributed by atoms with van der Waals surface area (Å²) in [5.74, 6) is -0.633. The highest BCUT2D eigenvalue weighted by molar-refractivity contribution is 6.08. The quantitative estimate of drug-likeness (QED) is 0.543. The Hall–Kier alpha value is -3.80. The lowest BCUT2D eigenvalue weighted by molar-refractivity contribution is 0.102. The normalized spacial score (nSPS) is 10.2. The molecule has 0 aliphatic carbocycles. The van der Waals surface area contributed by atoms with Gasteiger partial charge in [0.15, 0.2) is 0 Å². The first-order chi connectivity index (χ1) is 12.5. The van der Waals surface area contributed by atoms with E-state index >= 15 is 0 Å².